The van der Waals surface area contributed by atoms with Gasteiger partial charge in [0.25, 0.3) is 5.69 Å². The molecule has 1 unspecified atom stereocenters. The molecule has 2 aromatic carbocycles. The van der Waals surface area contributed by atoms with E-state index in [-0.39, 0.29) is 12.2 Å². The van der Waals surface area contributed by atoms with E-state index in [0.717, 1.165) is 11.8 Å². The Labute approximate surface area is 161 Å². The number of methoxy groups -OCH3 is 2. The molecule has 1 aliphatic rings. The van der Waals surface area contributed by atoms with Crippen LogP contribution in [0.1, 0.15) is 11.1 Å². The van der Waals surface area contributed by atoms with Gasteiger partial charge in [-0.3, -0.25) is 14.9 Å². The highest BCUT2D eigenvalue weighted by Gasteiger charge is 2.31. The number of aldehydes is 1. The van der Waals surface area contributed by atoms with Crippen LogP contribution in [-0.2, 0) is 11.3 Å². The fraction of sp³-hybridized carbons (Fsp3) is 0.278. The molecule has 146 valence electrons. The minimum atomic E-state index is -0.771. The smallest absolute Gasteiger partial charge is 0.272 e. The molecule has 0 aromatic heterocycles. The van der Waals surface area contributed by atoms with Crippen LogP contribution >= 0.6 is 0 Å². The number of nitro groups is 1. The first kappa shape index (κ1) is 19.1. The molecule has 0 saturated heterocycles. The van der Waals surface area contributed by atoms with E-state index in [1.54, 1.807) is 37.3 Å². The molecule has 2 aromatic rings. The van der Waals surface area contributed by atoms with Gasteiger partial charge in [-0.05, 0) is 23.8 Å². The van der Waals surface area contributed by atoms with Gasteiger partial charge < -0.3 is 9.47 Å². The second-order valence-electron chi connectivity index (χ2n) is 6.12. The largest absolute Gasteiger partial charge is 0.497 e. The van der Waals surface area contributed by atoms with Crippen LogP contribution < -0.4 is 14.5 Å². The minimum absolute atomic E-state index is 0.0452. The van der Waals surface area contributed by atoms with Gasteiger partial charge in [0.2, 0.25) is 0 Å². The van der Waals surface area contributed by atoms with Crippen molar-refractivity contribution in [3.05, 3.63) is 57.6 Å². The number of hydrogen-bond donors (Lipinski definition) is 0. The van der Waals surface area contributed by atoms with Crippen molar-refractivity contribution in [3.8, 4) is 11.5 Å². The summed E-state index contributed by atoms with van der Waals surface area (Å²) in [5.74, 6) is 1.11. The number of rotatable bonds is 7. The second-order valence-corrected chi connectivity index (χ2v) is 6.12. The molecule has 28 heavy (non-hydrogen) atoms. The predicted molar refractivity (Wildman–Crippen MR) is 100 cm³/mol. The number of benzene rings is 2. The van der Waals surface area contributed by atoms with Crippen LogP contribution in [0.25, 0.3) is 0 Å². The van der Waals surface area contributed by atoms with Crippen molar-refractivity contribution in [3.63, 3.8) is 0 Å². The third-order valence-corrected chi connectivity index (χ3v) is 4.33. The first-order valence-corrected chi connectivity index (χ1v) is 8.36. The highest BCUT2D eigenvalue weighted by atomic mass is 16.6. The van der Waals surface area contributed by atoms with Gasteiger partial charge in [0.05, 0.1) is 31.4 Å². The van der Waals surface area contributed by atoms with Crippen molar-refractivity contribution in [1.82, 2.24) is 5.01 Å². The SMILES string of the molecule is COc1cc(OC)cc(N2N=NN(Cc3ccc([N+](=O)[O-])c(C)c3)C2C=O)c1. The second kappa shape index (κ2) is 7.91. The van der Waals surface area contributed by atoms with Crippen molar-refractivity contribution in [2.45, 2.75) is 19.6 Å². The lowest BCUT2D eigenvalue weighted by Crippen LogP contribution is -2.39. The fourth-order valence-electron chi connectivity index (χ4n) is 2.92. The summed E-state index contributed by atoms with van der Waals surface area (Å²) in [7, 11) is 3.06. The number of nitrogens with zero attached hydrogens (tertiary/aromatic N) is 5. The molecule has 0 N–H and O–H groups in total. The summed E-state index contributed by atoms with van der Waals surface area (Å²) in [6, 6.07) is 9.93. The Balaban J connectivity index is 1.83. The Hall–Kier alpha value is -3.69. The minimum Gasteiger partial charge on any atom is -0.497 e. The number of aryl methyl sites for hydroxylation is 1. The molecule has 1 heterocycles. The van der Waals surface area contributed by atoms with Crippen molar-refractivity contribution < 1.29 is 19.2 Å². The van der Waals surface area contributed by atoms with Gasteiger partial charge in [0.1, 0.15) is 11.5 Å². The Morgan fingerprint density at radius 3 is 2.36 bits per heavy atom. The van der Waals surface area contributed by atoms with Crippen LogP contribution in [0.15, 0.2) is 46.8 Å². The topological polar surface area (TPSA) is 110 Å². The zero-order valence-corrected chi connectivity index (χ0v) is 15.6. The van der Waals surface area contributed by atoms with E-state index in [4.69, 9.17) is 9.47 Å². The summed E-state index contributed by atoms with van der Waals surface area (Å²) in [5, 5.41) is 22.1. The maximum Gasteiger partial charge on any atom is 0.272 e. The van der Waals surface area contributed by atoms with Crippen LogP contribution in [0.3, 0.4) is 0 Å². The van der Waals surface area contributed by atoms with E-state index in [1.165, 1.54) is 30.3 Å². The molecule has 1 aliphatic heterocycles. The summed E-state index contributed by atoms with van der Waals surface area (Å²) < 4.78 is 10.5. The Kier molecular flexibility index (Phi) is 5.39. The number of hydrogen-bond acceptors (Lipinski definition) is 9. The van der Waals surface area contributed by atoms with Crippen molar-refractivity contribution in [1.29, 1.82) is 0 Å². The summed E-state index contributed by atoms with van der Waals surface area (Å²) in [4.78, 5) is 22.3. The van der Waals surface area contributed by atoms with Crippen LogP contribution in [0, 0.1) is 17.0 Å². The van der Waals surface area contributed by atoms with Crippen molar-refractivity contribution in [2.75, 3.05) is 19.2 Å². The maximum absolute atomic E-state index is 11.8. The molecule has 0 aliphatic carbocycles. The summed E-state index contributed by atoms with van der Waals surface area (Å²) in [6.07, 6.45) is -0.0446. The standard InChI is InChI=1S/C18H19N5O5/c1-12-6-13(4-5-17(12)23(25)26)10-21-18(11-24)22(20-19-21)14-7-15(27-2)9-16(8-14)28-3/h4-9,11,18H,10H2,1-3H3. The average Bonchev–Trinajstić information content (AvgIpc) is 3.09. The molecule has 0 radical (unpaired) electrons. The number of carbonyl (C=O) groups is 1. The normalized spacial score (nSPS) is 15.6. The van der Waals surface area contributed by atoms with E-state index in [1.807, 2.05) is 0 Å². The lowest BCUT2D eigenvalue weighted by molar-refractivity contribution is -0.385. The quantitative estimate of drug-likeness (QED) is 0.409. The van der Waals surface area contributed by atoms with Gasteiger partial charge in [-0.1, -0.05) is 11.3 Å². The van der Waals surface area contributed by atoms with Gasteiger partial charge in [-0.2, -0.15) is 0 Å². The number of ether oxygens (including phenoxy) is 2. The summed E-state index contributed by atoms with van der Waals surface area (Å²) in [6.45, 7) is 1.93. The molecule has 10 nitrogen and oxygen atoms in total. The van der Waals surface area contributed by atoms with Crippen LogP contribution in [0.4, 0.5) is 11.4 Å². The third kappa shape index (κ3) is 3.70. The molecule has 1 atom stereocenters. The Bertz CT molecular complexity index is 910. The van der Waals surface area contributed by atoms with Crippen LogP contribution in [0.5, 0.6) is 11.5 Å². The molecule has 3 rings (SSSR count). The monoisotopic (exact) mass is 385 g/mol. The van der Waals surface area contributed by atoms with E-state index >= 15 is 0 Å². The Morgan fingerprint density at radius 1 is 1.14 bits per heavy atom. The number of nitro benzene ring substituents is 1. The third-order valence-electron chi connectivity index (χ3n) is 4.33. The van der Waals surface area contributed by atoms with Crippen LogP contribution in [-0.4, -0.2) is 36.6 Å². The van der Waals surface area contributed by atoms with Gasteiger partial charge >= 0.3 is 0 Å². The van der Waals surface area contributed by atoms with Gasteiger partial charge in [-0.25, -0.2) is 10.0 Å². The first-order valence-electron chi connectivity index (χ1n) is 8.36. The lowest BCUT2D eigenvalue weighted by atomic mass is 10.1. The highest BCUT2D eigenvalue weighted by Crippen LogP contribution is 2.33. The molecule has 0 fully saturated rings. The molecule has 0 spiro atoms. The van der Waals surface area contributed by atoms with Gasteiger partial charge in [0, 0.05) is 29.8 Å². The summed E-state index contributed by atoms with van der Waals surface area (Å²) in [5.41, 5.74) is 1.94. The number of carbonyl (C=O) groups excluding carboxylic acids is 1. The predicted octanol–water partition coefficient (Wildman–Crippen LogP) is 3.05. The first-order chi connectivity index (χ1) is 13.5. The fourth-order valence-corrected chi connectivity index (χ4v) is 2.92. The van der Waals surface area contributed by atoms with E-state index in [2.05, 4.69) is 10.4 Å². The van der Waals surface area contributed by atoms with E-state index in [0.29, 0.717) is 22.7 Å². The highest BCUT2D eigenvalue weighted by molar-refractivity contribution is 5.67. The zero-order valence-electron chi connectivity index (χ0n) is 15.6. The van der Waals surface area contributed by atoms with Crippen molar-refractivity contribution in [2.24, 2.45) is 10.4 Å². The lowest BCUT2D eigenvalue weighted by Gasteiger charge is -2.24. The van der Waals surface area contributed by atoms with Gasteiger partial charge in [-0.15, -0.1) is 0 Å². The van der Waals surface area contributed by atoms with Gasteiger partial charge in [0.15, 0.2) is 12.5 Å². The molecule has 0 amide bonds. The van der Waals surface area contributed by atoms with Crippen LogP contribution in [0.2, 0.25) is 0 Å². The molecule has 0 bridgehead atoms. The molecule has 0 saturated carbocycles. The number of anilines is 1. The maximum atomic E-state index is 11.8. The average molecular weight is 385 g/mol. The van der Waals surface area contributed by atoms with E-state index < -0.39 is 11.1 Å². The Morgan fingerprint density at radius 2 is 1.82 bits per heavy atom. The molecular formula is C18H19N5O5. The van der Waals surface area contributed by atoms with E-state index in [9.17, 15) is 14.9 Å². The molecule has 10 heteroatoms. The summed E-state index contributed by atoms with van der Waals surface area (Å²) >= 11 is 0. The zero-order chi connectivity index (χ0) is 20.3. The molecular weight excluding hydrogens is 366 g/mol. The van der Waals surface area contributed by atoms with Crippen molar-refractivity contribution >= 4 is 17.7 Å².